The second-order valence-corrected chi connectivity index (χ2v) is 9.67. The number of esters is 1. The van der Waals surface area contributed by atoms with Gasteiger partial charge in [-0.25, -0.2) is 9.78 Å². The van der Waals surface area contributed by atoms with E-state index in [4.69, 9.17) is 9.47 Å². The number of aliphatic hydroxyl groups excluding tert-OH is 1. The largest absolute Gasteiger partial charge is 0.507 e. The smallest absolute Gasteiger partial charge is 0.337 e. The molecule has 0 spiro atoms. The van der Waals surface area contributed by atoms with E-state index in [0.29, 0.717) is 33.1 Å². The zero-order valence-corrected chi connectivity index (χ0v) is 21.7. The van der Waals surface area contributed by atoms with Gasteiger partial charge in [0.25, 0.3) is 5.78 Å². The minimum atomic E-state index is -0.963. The summed E-state index contributed by atoms with van der Waals surface area (Å²) in [6.07, 6.45) is 0.849. The molecule has 1 saturated heterocycles. The molecule has 2 heterocycles. The predicted octanol–water partition coefficient (Wildman–Crippen LogP) is 5.28. The molecule has 1 amide bonds. The van der Waals surface area contributed by atoms with Crippen LogP contribution in [0.4, 0.5) is 5.13 Å². The molecule has 0 saturated carbocycles. The second-order valence-electron chi connectivity index (χ2n) is 8.66. The molecule has 1 N–H and O–H groups in total. The van der Waals surface area contributed by atoms with Crippen molar-refractivity contribution in [1.82, 2.24) is 4.98 Å². The maximum Gasteiger partial charge on any atom is 0.337 e. The molecular weight excluding hydrogens is 504 g/mol. The van der Waals surface area contributed by atoms with Crippen LogP contribution in [-0.2, 0) is 20.7 Å². The zero-order chi connectivity index (χ0) is 27.0. The fourth-order valence-corrected chi connectivity index (χ4v) is 5.50. The van der Waals surface area contributed by atoms with E-state index in [1.165, 1.54) is 30.5 Å². The van der Waals surface area contributed by atoms with Crippen molar-refractivity contribution in [3.8, 4) is 5.75 Å². The first kappa shape index (κ1) is 25.2. The molecule has 0 unspecified atom stereocenters. The molecule has 9 heteroatoms. The van der Waals surface area contributed by atoms with Crippen LogP contribution in [0.5, 0.6) is 5.75 Å². The lowest BCUT2D eigenvalue weighted by Crippen LogP contribution is -2.29. The maximum absolute atomic E-state index is 13.5. The first-order valence-electron chi connectivity index (χ1n) is 11.9. The van der Waals surface area contributed by atoms with Gasteiger partial charge in [-0.05, 0) is 66.1 Å². The molecule has 0 bridgehead atoms. The number of Topliss-reactive ketones (excluding diaryl/α,β-unsaturated/α-hetero) is 1. The van der Waals surface area contributed by atoms with Crippen LogP contribution in [0.25, 0.3) is 16.0 Å². The summed E-state index contributed by atoms with van der Waals surface area (Å²) in [5, 5.41) is 11.6. The molecule has 5 rings (SSSR count). The first-order chi connectivity index (χ1) is 18.4. The molecule has 38 heavy (non-hydrogen) atoms. The lowest BCUT2D eigenvalue weighted by Gasteiger charge is -2.23. The van der Waals surface area contributed by atoms with Gasteiger partial charge in [0.05, 0.1) is 41.6 Å². The summed E-state index contributed by atoms with van der Waals surface area (Å²) in [6, 6.07) is 17.9. The Kier molecular flexibility index (Phi) is 6.69. The van der Waals surface area contributed by atoms with Gasteiger partial charge >= 0.3 is 11.9 Å². The number of hydrogen-bond donors (Lipinski definition) is 1. The monoisotopic (exact) mass is 528 g/mol. The highest BCUT2D eigenvalue weighted by Crippen LogP contribution is 2.44. The van der Waals surface area contributed by atoms with Gasteiger partial charge in [0.1, 0.15) is 11.5 Å². The van der Waals surface area contributed by atoms with Crippen LogP contribution in [0.2, 0.25) is 0 Å². The van der Waals surface area contributed by atoms with E-state index in [2.05, 4.69) is 11.9 Å². The molecule has 1 atom stereocenters. The Bertz CT molecular complexity index is 1590. The number of aromatic nitrogens is 1. The van der Waals surface area contributed by atoms with Crippen LogP contribution in [0.15, 0.2) is 72.3 Å². The number of anilines is 1. The predicted molar refractivity (Wildman–Crippen MR) is 145 cm³/mol. The lowest BCUT2D eigenvalue weighted by atomic mass is 9.94. The van der Waals surface area contributed by atoms with Crippen LogP contribution < -0.4 is 9.64 Å². The Balaban J connectivity index is 1.68. The topological polar surface area (TPSA) is 106 Å². The van der Waals surface area contributed by atoms with E-state index in [1.54, 1.807) is 48.5 Å². The molecule has 1 aliphatic rings. The van der Waals surface area contributed by atoms with Gasteiger partial charge in [-0.3, -0.25) is 14.5 Å². The molecule has 1 fully saturated rings. The van der Waals surface area contributed by atoms with E-state index < -0.39 is 23.7 Å². The molecule has 8 nitrogen and oxygen atoms in total. The van der Waals surface area contributed by atoms with Crippen molar-refractivity contribution in [2.75, 3.05) is 19.1 Å². The second kappa shape index (κ2) is 10.1. The van der Waals surface area contributed by atoms with Crippen molar-refractivity contribution in [2.24, 2.45) is 0 Å². The van der Waals surface area contributed by atoms with E-state index in [9.17, 15) is 19.5 Å². The molecule has 0 aliphatic carbocycles. The third kappa shape index (κ3) is 4.31. The Morgan fingerprint density at radius 3 is 2.32 bits per heavy atom. The molecule has 0 radical (unpaired) electrons. The Morgan fingerprint density at radius 2 is 1.68 bits per heavy atom. The summed E-state index contributed by atoms with van der Waals surface area (Å²) in [6.45, 7) is 2.05. The number of ether oxygens (including phenoxy) is 2. The summed E-state index contributed by atoms with van der Waals surface area (Å²) in [5.41, 5.74) is 2.97. The highest BCUT2D eigenvalue weighted by molar-refractivity contribution is 7.22. The SMILES string of the molecule is CCc1ccc2nc(N3C(=O)C(=O)C(=C(O)c4ccc(OC)cc4)[C@H]3c3ccc(C(=O)OC)cc3)sc2c1. The van der Waals surface area contributed by atoms with Crippen molar-refractivity contribution in [2.45, 2.75) is 19.4 Å². The fourth-order valence-electron chi connectivity index (χ4n) is 4.45. The summed E-state index contributed by atoms with van der Waals surface area (Å²) in [4.78, 5) is 44.8. The minimum absolute atomic E-state index is 0.0699. The zero-order valence-electron chi connectivity index (χ0n) is 20.9. The number of ketones is 1. The molecule has 4 aromatic rings. The number of carbonyl (C=O) groups excluding carboxylic acids is 3. The third-order valence-electron chi connectivity index (χ3n) is 6.51. The Labute approximate surface area is 222 Å². The summed E-state index contributed by atoms with van der Waals surface area (Å²) < 4.78 is 10.9. The van der Waals surface area contributed by atoms with E-state index in [1.807, 2.05) is 18.2 Å². The number of hydrogen-bond acceptors (Lipinski definition) is 8. The van der Waals surface area contributed by atoms with Gasteiger partial charge in [-0.2, -0.15) is 0 Å². The van der Waals surface area contributed by atoms with Crippen LogP contribution in [0, 0.1) is 0 Å². The molecule has 1 aliphatic heterocycles. The van der Waals surface area contributed by atoms with Gasteiger partial charge in [-0.1, -0.05) is 36.5 Å². The minimum Gasteiger partial charge on any atom is -0.507 e. The highest BCUT2D eigenvalue weighted by atomic mass is 32.1. The maximum atomic E-state index is 13.5. The summed E-state index contributed by atoms with van der Waals surface area (Å²) in [7, 11) is 2.82. The number of aryl methyl sites for hydroxylation is 1. The quantitative estimate of drug-likeness (QED) is 0.157. The number of aliphatic hydroxyl groups is 1. The standard InChI is InChI=1S/C29H24N2O6S/c1-4-16-5-14-21-22(15-16)38-29(30-21)31-24(17-6-8-19(9-7-17)28(35)37-3)23(26(33)27(31)34)25(32)18-10-12-20(36-2)13-11-18/h5-15,24,32H,4H2,1-3H3/t24-/m1/s1. The average Bonchev–Trinajstić information content (AvgIpc) is 3.49. The highest BCUT2D eigenvalue weighted by Gasteiger charge is 2.48. The number of carbonyl (C=O) groups is 3. The number of benzene rings is 3. The van der Waals surface area contributed by atoms with Crippen molar-refractivity contribution in [3.05, 3.63) is 94.6 Å². The lowest BCUT2D eigenvalue weighted by molar-refractivity contribution is -0.132. The van der Waals surface area contributed by atoms with E-state index in [0.717, 1.165) is 16.7 Å². The summed E-state index contributed by atoms with van der Waals surface area (Å²) >= 11 is 1.30. The van der Waals surface area contributed by atoms with Crippen molar-refractivity contribution in [1.29, 1.82) is 0 Å². The Morgan fingerprint density at radius 1 is 1.00 bits per heavy atom. The fraction of sp³-hybridized carbons (Fsp3) is 0.172. The van der Waals surface area contributed by atoms with Gasteiger partial charge in [0.15, 0.2) is 5.13 Å². The van der Waals surface area contributed by atoms with Crippen LogP contribution >= 0.6 is 11.3 Å². The van der Waals surface area contributed by atoms with Crippen molar-refractivity contribution < 1.29 is 29.0 Å². The molecule has 192 valence electrons. The number of thiazole rings is 1. The van der Waals surface area contributed by atoms with Gasteiger partial charge < -0.3 is 14.6 Å². The van der Waals surface area contributed by atoms with Crippen molar-refractivity contribution in [3.63, 3.8) is 0 Å². The summed E-state index contributed by atoms with van der Waals surface area (Å²) in [5.74, 6) is -1.87. The van der Waals surface area contributed by atoms with E-state index in [-0.39, 0.29) is 11.3 Å². The third-order valence-corrected chi connectivity index (χ3v) is 7.53. The van der Waals surface area contributed by atoms with Crippen LogP contribution in [-0.4, -0.2) is 42.0 Å². The van der Waals surface area contributed by atoms with Gasteiger partial charge in [-0.15, -0.1) is 0 Å². The van der Waals surface area contributed by atoms with Crippen LogP contribution in [0.3, 0.4) is 0 Å². The van der Waals surface area contributed by atoms with Gasteiger partial charge in [0.2, 0.25) is 0 Å². The van der Waals surface area contributed by atoms with Gasteiger partial charge in [0, 0.05) is 5.56 Å². The van der Waals surface area contributed by atoms with Crippen molar-refractivity contribution >= 4 is 50.1 Å². The molecule has 3 aromatic carbocycles. The number of fused-ring (bicyclic) bond motifs is 1. The Hall–Kier alpha value is -4.50. The molecular formula is C29H24N2O6S. The average molecular weight is 529 g/mol. The molecule has 1 aromatic heterocycles. The first-order valence-corrected chi connectivity index (χ1v) is 12.7. The number of rotatable bonds is 6. The van der Waals surface area contributed by atoms with E-state index >= 15 is 0 Å². The van der Waals surface area contributed by atoms with Crippen LogP contribution in [0.1, 0.15) is 40.0 Å². The normalized spacial score (nSPS) is 16.7. The number of nitrogens with zero attached hydrogens (tertiary/aromatic N) is 2. The number of amides is 1. The number of methoxy groups -OCH3 is 2.